The van der Waals surface area contributed by atoms with Gasteiger partial charge >= 0.3 is 5.97 Å². The highest BCUT2D eigenvalue weighted by Crippen LogP contribution is 2.23. The third-order valence-electron chi connectivity index (χ3n) is 2.68. The number of fused-ring (bicyclic) bond motifs is 1. The Kier molecular flexibility index (Phi) is 4.91. The van der Waals surface area contributed by atoms with Crippen LogP contribution in [0.5, 0.6) is 0 Å². The van der Waals surface area contributed by atoms with Crippen molar-refractivity contribution in [1.82, 2.24) is 0 Å². The summed E-state index contributed by atoms with van der Waals surface area (Å²) in [4.78, 5) is 22.4. The van der Waals surface area contributed by atoms with Crippen LogP contribution in [0.25, 0.3) is 11.0 Å². The van der Waals surface area contributed by atoms with Crippen molar-refractivity contribution in [1.29, 1.82) is 0 Å². The summed E-state index contributed by atoms with van der Waals surface area (Å²) < 4.78 is 15.0. The van der Waals surface area contributed by atoms with E-state index in [2.05, 4.69) is 5.32 Å². The van der Waals surface area contributed by atoms with Crippen molar-refractivity contribution in [2.24, 2.45) is 0 Å². The van der Waals surface area contributed by atoms with Gasteiger partial charge in [-0.15, -0.1) is 0 Å². The smallest absolute Gasteiger partial charge is 0.371 e. The van der Waals surface area contributed by atoms with Crippen LogP contribution in [0.1, 0.15) is 10.6 Å². The predicted octanol–water partition coefficient (Wildman–Crippen LogP) is 1.73. The van der Waals surface area contributed by atoms with Gasteiger partial charge < -0.3 is 24.3 Å². The standard InChI is InChI=1S/C14H15NO6/c1-19-4-5-20-8-13(16)15-10-2-3-11-9(6-10)7-12(21-11)14(17)18/h2-3,6-7H,4-5,8H2,1H3,(H,15,16)(H,17,18). The normalized spacial score (nSPS) is 10.7. The molecule has 2 rings (SSSR count). The highest BCUT2D eigenvalue weighted by Gasteiger charge is 2.11. The fourth-order valence-corrected chi connectivity index (χ4v) is 1.73. The molecule has 0 spiro atoms. The van der Waals surface area contributed by atoms with Gasteiger partial charge in [0.25, 0.3) is 0 Å². The van der Waals surface area contributed by atoms with Crippen LogP contribution in [-0.4, -0.2) is 43.9 Å². The van der Waals surface area contributed by atoms with Gasteiger partial charge in [-0.3, -0.25) is 4.79 Å². The van der Waals surface area contributed by atoms with E-state index in [9.17, 15) is 9.59 Å². The zero-order chi connectivity index (χ0) is 15.2. The number of nitrogens with one attached hydrogen (secondary N) is 1. The number of rotatable bonds is 7. The number of hydrogen-bond acceptors (Lipinski definition) is 5. The Bertz CT molecular complexity index is 648. The van der Waals surface area contributed by atoms with Gasteiger partial charge in [0.1, 0.15) is 12.2 Å². The minimum atomic E-state index is -1.14. The van der Waals surface area contributed by atoms with E-state index < -0.39 is 5.97 Å². The average molecular weight is 293 g/mol. The Hall–Kier alpha value is -2.38. The van der Waals surface area contributed by atoms with Crippen LogP contribution in [-0.2, 0) is 14.3 Å². The van der Waals surface area contributed by atoms with Gasteiger partial charge in [-0.25, -0.2) is 4.79 Å². The maximum Gasteiger partial charge on any atom is 0.371 e. The van der Waals surface area contributed by atoms with E-state index >= 15 is 0 Å². The highest BCUT2D eigenvalue weighted by molar-refractivity contribution is 5.96. The molecule has 7 heteroatoms. The molecule has 0 fully saturated rings. The van der Waals surface area contributed by atoms with E-state index in [0.29, 0.717) is 29.9 Å². The van der Waals surface area contributed by atoms with Crippen molar-refractivity contribution in [3.63, 3.8) is 0 Å². The molecule has 1 aromatic heterocycles. The number of benzene rings is 1. The first-order valence-electron chi connectivity index (χ1n) is 6.23. The molecule has 2 aromatic rings. The third kappa shape index (κ3) is 4.04. The van der Waals surface area contributed by atoms with E-state index in [1.54, 1.807) is 25.3 Å². The summed E-state index contributed by atoms with van der Waals surface area (Å²) in [6, 6.07) is 6.27. The van der Waals surface area contributed by atoms with Crippen LogP contribution in [0.15, 0.2) is 28.7 Å². The molecule has 0 aliphatic carbocycles. The number of carboxylic acids is 1. The number of carbonyl (C=O) groups excluding carboxylic acids is 1. The monoisotopic (exact) mass is 293 g/mol. The fraction of sp³-hybridized carbons (Fsp3) is 0.286. The van der Waals surface area contributed by atoms with E-state index in [4.69, 9.17) is 19.0 Å². The van der Waals surface area contributed by atoms with E-state index in [-0.39, 0.29) is 18.3 Å². The molecule has 1 heterocycles. The van der Waals surface area contributed by atoms with Gasteiger partial charge in [0.05, 0.1) is 13.2 Å². The lowest BCUT2D eigenvalue weighted by Crippen LogP contribution is -2.19. The number of methoxy groups -OCH3 is 1. The minimum absolute atomic E-state index is 0.0762. The van der Waals surface area contributed by atoms with Gasteiger partial charge in [-0.1, -0.05) is 0 Å². The van der Waals surface area contributed by atoms with E-state index in [1.165, 1.54) is 6.07 Å². The van der Waals surface area contributed by atoms with Crippen molar-refractivity contribution in [2.75, 3.05) is 32.2 Å². The summed E-state index contributed by atoms with van der Waals surface area (Å²) in [7, 11) is 1.55. The van der Waals surface area contributed by atoms with E-state index in [0.717, 1.165) is 0 Å². The van der Waals surface area contributed by atoms with Gasteiger partial charge in [0, 0.05) is 18.2 Å². The molecule has 0 aliphatic heterocycles. The Morgan fingerprint density at radius 1 is 1.29 bits per heavy atom. The highest BCUT2D eigenvalue weighted by atomic mass is 16.5. The van der Waals surface area contributed by atoms with Crippen LogP contribution in [0, 0.1) is 0 Å². The summed E-state index contributed by atoms with van der Waals surface area (Å²) in [5, 5.41) is 12.1. The molecular weight excluding hydrogens is 278 g/mol. The van der Waals surface area contributed by atoms with Gasteiger partial charge in [-0.2, -0.15) is 0 Å². The molecular formula is C14H15NO6. The number of carboxylic acid groups (broad SMARTS) is 1. The summed E-state index contributed by atoms with van der Waals surface area (Å²) in [5.74, 6) is -1.58. The number of hydrogen-bond donors (Lipinski definition) is 2. The molecule has 0 bridgehead atoms. The number of carbonyl (C=O) groups is 2. The summed E-state index contributed by atoms with van der Waals surface area (Å²) in [6.45, 7) is 0.687. The summed E-state index contributed by atoms with van der Waals surface area (Å²) in [6.07, 6.45) is 0. The van der Waals surface area contributed by atoms with E-state index in [1.807, 2.05) is 0 Å². The number of aromatic carboxylic acids is 1. The first kappa shape index (κ1) is 15.0. The zero-order valence-electron chi connectivity index (χ0n) is 11.4. The largest absolute Gasteiger partial charge is 0.475 e. The molecule has 7 nitrogen and oxygen atoms in total. The topological polar surface area (TPSA) is 98.0 Å². The summed E-state index contributed by atoms with van der Waals surface area (Å²) in [5.41, 5.74) is 0.988. The van der Waals surface area contributed by atoms with Crippen LogP contribution < -0.4 is 5.32 Å². The third-order valence-corrected chi connectivity index (χ3v) is 2.68. The zero-order valence-corrected chi connectivity index (χ0v) is 11.4. The summed E-state index contributed by atoms with van der Waals surface area (Å²) >= 11 is 0. The van der Waals surface area contributed by atoms with Crippen molar-refractivity contribution in [3.8, 4) is 0 Å². The first-order chi connectivity index (χ1) is 10.1. The van der Waals surface area contributed by atoms with Crippen molar-refractivity contribution < 1.29 is 28.6 Å². The fourth-order valence-electron chi connectivity index (χ4n) is 1.73. The van der Waals surface area contributed by atoms with Gasteiger partial charge in [0.2, 0.25) is 11.7 Å². The van der Waals surface area contributed by atoms with Crippen LogP contribution in [0.3, 0.4) is 0 Å². The molecule has 21 heavy (non-hydrogen) atoms. The second-order valence-electron chi connectivity index (χ2n) is 4.26. The number of anilines is 1. The van der Waals surface area contributed by atoms with Crippen LogP contribution in [0.2, 0.25) is 0 Å². The molecule has 1 amide bonds. The maximum absolute atomic E-state index is 11.6. The molecule has 0 saturated carbocycles. The van der Waals surface area contributed by atoms with Crippen molar-refractivity contribution >= 4 is 28.5 Å². The molecule has 0 aliphatic rings. The molecule has 1 aromatic carbocycles. The van der Waals surface area contributed by atoms with Crippen LogP contribution >= 0.6 is 0 Å². The molecule has 0 atom stereocenters. The Morgan fingerprint density at radius 3 is 2.81 bits per heavy atom. The molecule has 112 valence electrons. The SMILES string of the molecule is COCCOCC(=O)Nc1ccc2oc(C(=O)O)cc2c1. The van der Waals surface area contributed by atoms with Crippen molar-refractivity contribution in [2.45, 2.75) is 0 Å². The van der Waals surface area contributed by atoms with Crippen LogP contribution in [0.4, 0.5) is 5.69 Å². The lowest BCUT2D eigenvalue weighted by molar-refractivity contribution is -0.121. The number of ether oxygens (including phenoxy) is 2. The number of furan rings is 1. The van der Waals surface area contributed by atoms with Crippen molar-refractivity contribution in [3.05, 3.63) is 30.0 Å². The maximum atomic E-state index is 11.6. The second kappa shape index (κ2) is 6.87. The lowest BCUT2D eigenvalue weighted by atomic mass is 10.2. The predicted molar refractivity (Wildman–Crippen MR) is 74.5 cm³/mol. The van der Waals surface area contributed by atoms with Gasteiger partial charge in [0.15, 0.2) is 0 Å². The Labute approximate surface area is 120 Å². The Morgan fingerprint density at radius 2 is 2.10 bits per heavy atom. The molecule has 0 saturated heterocycles. The lowest BCUT2D eigenvalue weighted by Gasteiger charge is -2.06. The number of amides is 1. The van der Waals surface area contributed by atoms with Gasteiger partial charge in [-0.05, 0) is 24.3 Å². The molecule has 0 unspecified atom stereocenters. The first-order valence-corrected chi connectivity index (χ1v) is 6.23. The Balaban J connectivity index is 1.98. The minimum Gasteiger partial charge on any atom is -0.475 e. The molecule has 0 radical (unpaired) electrons. The second-order valence-corrected chi connectivity index (χ2v) is 4.26. The average Bonchev–Trinajstić information content (AvgIpc) is 2.87. The quantitative estimate of drug-likeness (QED) is 0.754. The molecule has 2 N–H and O–H groups in total.